The normalized spacial score (nSPS) is 12.6. The number of benzene rings is 4. The smallest absolute Gasteiger partial charge is 0.214 e. The van der Waals surface area contributed by atoms with Gasteiger partial charge in [-0.15, -0.1) is 13.2 Å². The summed E-state index contributed by atoms with van der Waals surface area (Å²) in [7, 11) is -2.94. The number of hydrogen-bond acceptors (Lipinski definition) is 4. The largest absolute Gasteiger partial charge is 0.393 e. The number of hydrogen-bond donors (Lipinski definition) is 1. The lowest BCUT2D eigenvalue weighted by atomic mass is 9.84. The molecule has 0 aliphatic heterocycles. The predicted octanol–water partition coefficient (Wildman–Crippen LogP) is 13.5. The average molecular weight is 759 g/mol. The van der Waals surface area contributed by atoms with E-state index in [1.807, 2.05) is 39.8 Å². The molecule has 54 heavy (non-hydrogen) atoms. The minimum absolute atomic E-state index is 0. The third-order valence-corrected chi connectivity index (χ3v) is 11.1. The zero-order valence-electron chi connectivity index (χ0n) is 33.9. The van der Waals surface area contributed by atoms with Gasteiger partial charge in [0.2, 0.25) is 10.0 Å². The molecule has 0 unspecified atom stereocenters. The van der Waals surface area contributed by atoms with Gasteiger partial charge in [-0.05, 0) is 98.1 Å². The van der Waals surface area contributed by atoms with Crippen LogP contribution in [0.5, 0.6) is 0 Å². The van der Waals surface area contributed by atoms with Crippen molar-refractivity contribution in [1.82, 2.24) is 4.72 Å². The van der Waals surface area contributed by atoms with E-state index in [0.717, 1.165) is 41.5 Å². The van der Waals surface area contributed by atoms with Gasteiger partial charge in [-0.25, -0.2) is 13.1 Å². The van der Waals surface area contributed by atoms with Gasteiger partial charge in [-0.1, -0.05) is 159 Å². The highest BCUT2D eigenvalue weighted by molar-refractivity contribution is 7.90. The molecule has 0 aromatic heterocycles. The second-order valence-electron chi connectivity index (χ2n) is 15.8. The molecule has 0 saturated heterocycles. The molecule has 1 N–H and O–H groups in total. The van der Waals surface area contributed by atoms with Crippen molar-refractivity contribution < 1.29 is 13.3 Å². The molecule has 300 valence electrons. The average Bonchev–Trinajstić information content (AvgIpc) is 3.91. The maximum atomic E-state index is 11.1. The van der Waals surface area contributed by atoms with E-state index in [0.29, 0.717) is 5.41 Å². The Kier molecular flexibility index (Phi) is 22.3. The monoisotopic (exact) mass is 759 g/mol. The van der Waals surface area contributed by atoms with Crippen LogP contribution in [0.2, 0.25) is 0 Å². The lowest BCUT2D eigenvalue weighted by Crippen LogP contribution is -2.32. The second-order valence-corrected chi connectivity index (χ2v) is 17.8. The first-order valence-corrected chi connectivity index (χ1v) is 20.5. The van der Waals surface area contributed by atoms with Crippen molar-refractivity contribution in [1.29, 1.82) is 0 Å². The summed E-state index contributed by atoms with van der Waals surface area (Å²) >= 11 is 0. The first-order valence-electron chi connectivity index (χ1n) is 18.9. The molecule has 0 bridgehead atoms. The Morgan fingerprint density at radius 2 is 1.17 bits per heavy atom. The zero-order valence-corrected chi connectivity index (χ0v) is 34.7. The molecule has 6 heteroatoms. The van der Waals surface area contributed by atoms with Gasteiger partial charge in [0.05, 0.1) is 5.25 Å². The Morgan fingerprint density at radius 3 is 1.57 bits per heavy atom. The van der Waals surface area contributed by atoms with Crippen molar-refractivity contribution in [3.05, 3.63) is 121 Å². The van der Waals surface area contributed by atoms with Crippen molar-refractivity contribution in [2.75, 3.05) is 0 Å². The van der Waals surface area contributed by atoms with Crippen molar-refractivity contribution in [2.24, 2.45) is 22.4 Å². The second kappa shape index (κ2) is 23.9. The van der Waals surface area contributed by atoms with Crippen molar-refractivity contribution in [3.63, 3.8) is 0 Å². The van der Waals surface area contributed by atoms with E-state index in [4.69, 9.17) is 4.84 Å². The molecule has 4 aromatic rings. The number of fused-ring (bicyclic) bond motifs is 4. The fraction of sp³-hybridized carbons (Fsp3) is 0.479. The molecular formula is C48H74N2O3S. The molecule has 1 saturated carbocycles. The number of aryl methyl sites for hydroxylation is 1. The number of rotatable bonds is 8. The fourth-order valence-corrected chi connectivity index (χ4v) is 6.51. The van der Waals surface area contributed by atoms with Crippen LogP contribution < -0.4 is 4.72 Å². The van der Waals surface area contributed by atoms with Crippen LogP contribution in [0.4, 0.5) is 0 Å². The van der Waals surface area contributed by atoms with Gasteiger partial charge in [0.1, 0.15) is 11.8 Å². The number of nitrogens with zero attached hydrogens (tertiary/aromatic N) is 1. The van der Waals surface area contributed by atoms with Gasteiger partial charge in [0.15, 0.2) is 0 Å². The molecule has 1 fully saturated rings. The Bertz CT molecular complexity index is 1750. The molecule has 4 aromatic carbocycles. The first-order chi connectivity index (χ1) is 24.5. The lowest BCUT2D eigenvalue weighted by molar-refractivity contribution is 0.0863. The highest BCUT2D eigenvalue weighted by Crippen LogP contribution is 2.36. The molecular weight excluding hydrogens is 685 g/mol. The van der Waals surface area contributed by atoms with Crippen LogP contribution in [0.3, 0.4) is 0 Å². The van der Waals surface area contributed by atoms with Crippen LogP contribution in [-0.2, 0) is 21.3 Å². The van der Waals surface area contributed by atoms with Gasteiger partial charge >= 0.3 is 0 Å². The Hall–Kier alpha value is -3.74. The van der Waals surface area contributed by atoms with Crippen molar-refractivity contribution in [2.45, 2.75) is 134 Å². The van der Waals surface area contributed by atoms with E-state index in [1.165, 1.54) is 40.3 Å². The highest BCUT2D eigenvalue weighted by Gasteiger charge is 2.35. The number of oxime groups is 1. The maximum Gasteiger partial charge on any atom is 0.214 e. The van der Waals surface area contributed by atoms with E-state index < -0.39 is 10.0 Å². The molecule has 0 atom stereocenters. The molecule has 2 aliphatic rings. The predicted molar refractivity (Wildman–Crippen MR) is 240 cm³/mol. The summed E-state index contributed by atoms with van der Waals surface area (Å²) in [5.41, 5.74) is 7.68. The summed E-state index contributed by atoms with van der Waals surface area (Å²) in [6, 6.07) is 32.0. The Balaban J connectivity index is 0.000000710. The quantitative estimate of drug-likeness (QED) is 0.127. The van der Waals surface area contributed by atoms with Gasteiger partial charge in [0, 0.05) is 17.2 Å². The summed E-state index contributed by atoms with van der Waals surface area (Å²) < 4.78 is 24.7. The lowest BCUT2D eigenvalue weighted by Gasteiger charge is -2.22. The van der Waals surface area contributed by atoms with Crippen LogP contribution in [0.15, 0.2) is 109 Å². The van der Waals surface area contributed by atoms with Crippen LogP contribution in [0, 0.1) is 17.3 Å². The van der Waals surface area contributed by atoms with E-state index in [1.54, 1.807) is 0 Å². The third kappa shape index (κ3) is 16.7. The summed E-state index contributed by atoms with van der Waals surface area (Å²) in [6.45, 7) is 29.5. The topological polar surface area (TPSA) is 67.8 Å². The maximum absolute atomic E-state index is 11.1. The molecule has 0 amide bonds. The number of nitrogens with one attached hydrogen (secondary N) is 1. The van der Waals surface area contributed by atoms with E-state index >= 15 is 0 Å². The minimum Gasteiger partial charge on any atom is -0.393 e. The van der Waals surface area contributed by atoms with Crippen LogP contribution in [0.25, 0.3) is 21.9 Å². The summed E-state index contributed by atoms with van der Waals surface area (Å²) in [5, 5.41) is 6.93. The van der Waals surface area contributed by atoms with Crippen LogP contribution in [0.1, 0.15) is 127 Å². The van der Waals surface area contributed by atoms with E-state index in [-0.39, 0.29) is 32.2 Å². The van der Waals surface area contributed by atoms with Gasteiger partial charge < -0.3 is 4.84 Å². The molecule has 6 rings (SSSR count). The molecule has 0 heterocycles. The summed E-state index contributed by atoms with van der Waals surface area (Å²) in [4.78, 5) is 5.43. The van der Waals surface area contributed by atoms with E-state index in [2.05, 4.69) is 150 Å². The Labute approximate surface area is 331 Å². The van der Waals surface area contributed by atoms with Gasteiger partial charge in [-0.2, -0.15) is 0 Å². The van der Waals surface area contributed by atoms with Crippen LogP contribution in [-0.4, -0.2) is 31.5 Å². The summed E-state index contributed by atoms with van der Waals surface area (Å²) in [6.07, 6.45) is 4.24. The van der Waals surface area contributed by atoms with Crippen molar-refractivity contribution >= 4 is 26.5 Å². The Morgan fingerprint density at radius 1 is 0.722 bits per heavy atom. The zero-order chi connectivity index (χ0) is 39.1. The van der Waals surface area contributed by atoms with Gasteiger partial charge in [0.25, 0.3) is 0 Å². The molecule has 2 aliphatic carbocycles. The molecule has 0 radical (unpaired) electrons. The van der Waals surface area contributed by atoms with Crippen molar-refractivity contribution in [3.8, 4) is 11.1 Å². The molecule has 5 nitrogen and oxygen atoms in total. The SMILES string of the molecule is C.C.C=C.CC(C)C(C)(C)C.CC(C)CCc1ccc2ccccc2c1.CC(C)NS(=O)(=O)C1CC1.CC(C)ON=C1c2ccccc2-c2ccccc21. The first kappa shape index (κ1) is 50.3. The standard InChI is InChI=1S/C16H15NO.C15H18.C7H16.C6H13NO2S.C2H4.2CH4/c1-11(2)18-17-16-14-9-5-3-7-12(14)13-8-4-6-10-15(13)16;1-12(2)7-8-13-9-10-14-5-3-4-6-15(14)11-13;1-6(2)7(3,4)5;1-5(2)7-10(8,9)6-3-4-6;1-2;;/h3-11H,1-2H3;3-6,9-12H,7-8H2,1-2H3;6H,1-5H3;5-7H,3-4H2,1-2H3;1-2H2;2*1H4. The minimum atomic E-state index is -2.94. The third-order valence-electron chi connectivity index (χ3n) is 8.93. The fourth-order valence-electron chi connectivity index (χ4n) is 4.90. The highest BCUT2D eigenvalue weighted by atomic mass is 32.2. The van der Waals surface area contributed by atoms with Crippen LogP contribution >= 0.6 is 0 Å². The summed E-state index contributed by atoms with van der Waals surface area (Å²) in [5.74, 6) is 1.59. The number of sulfonamides is 1. The van der Waals surface area contributed by atoms with E-state index in [9.17, 15) is 8.42 Å². The van der Waals surface area contributed by atoms with Gasteiger partial charge in [-0.3, -0.25) is 0 Å². The molecule has 0 spiro atoms.